The van der Waals surface area contributed by atoms with Gasteiger partial charge in [-0.2, -0.15) is 0 Å². The number of ether oxygens (including phenoxy) is 1. The van der Waals surface area contributed by atoms with Gasteiger partial charge in [-0.15, -0.1) is 0 Å². The summed E-state index contributed by atoms with van der Waals surface area (Å²) in [4.78, 5) is 0.106. The number of hydrogen-bond donors (Lipinski definition) is 2. The van der Waals surface area contributed by atoms with Crippen molar-refractivity contribution in [3.63, 3.8) is 0 Å². The van der Waals surface area contributed by atoms with Gasteiger partial charge < -0.3 is 10.5 Å². The van der Waals surface area contributed by atoms with Crippen LogP contribution in [0, 0.1) is 0 Å². The molecule has 2 rings (SSSR count). The average Bonchev–Trinajstić information content (AvgIpc) is 2.67. The largest absolute Gasteiger partial charge is 0.398 e. The molecule has 0 aliphatic carbocycles. The number of hydrogen-bond acceptors (Lipinski definition) is 4. The van der Waals surface area contributed by atoms with Gasteiger partial charge in [-0.3, -0.25) is 0 Å². The molecule has 100 valence electrons. The fraction of sp³-hybridized carbons (Fsp3) is 0.455. The van der Waals surface area contributed by atoms with E-state index in [2.05, 4.69) is 4.72 Å². The zero-order valence-corrected chi connectivity index (χ0v) is 11.5. The van der Waals surface area contributed by atoms with E-state index in [0.29, 0.717) is 25.3 Å². The number of anilines is 1. The summed E-state index contributed by atoms with van der Waals surface area (Å²) in [7, 11) is -3.61. The maximum Gasteiger partial charge on any atom is 0.241 e. The standard InChI is InChI=1S/C11H15ClN2O3S/c1-11(4-5-17-7-11)14-18(15,16)8-2-3-10(13)9(12)6-8/h2-3,6,14H,4-5,7,13H2,1H3. The van der Waals surface area contributed by atoms with Crippen molar-refractivity contribution in [1.82, 2.24) is 4.72 Å². The second kappa shape index (κ2) is 4.70. The molecular weight excluding hydrogens is 276 g/mol. The van der Waals surface area contributed by atoms with E-state index < -0.39 is 15.6 Å². The van der Waals surface area contributed by atoms with Gasteiger partial charge in [0.15, 0.2) is 0 Å². The highest BCUT2D eigenvalue weighted by Gasteiger charge is 2.34. The van der Waals surface area contributed by atoms with E-state index in [0.717, 1.165) is 0 Å². The summed E-state index contributed by atoms with van der Waals surface area (Å²) in [6.07, 6.45) is 0.648. The van der Waals surface area contributed by atoms with Crippen LogP contribution in [0.1, 0.15) is 13.3 Å². The van der Waals surface area contributed by atoms with Crippen LogP contribution >= 0.6 is 11.6 Å². The van der Waals surface area contributed by atoms with Gasteiger partial charge in [0.1, 0.15) is 0 Å². The van der Waals surface area contributed by atoms with E-state index in [4.69, 9.17) is 22.1 Å². The molecule has 0 radical (unpaired) electrons. The minimum absolute atomic E-state index is 0.106. The molecule has 3 N–H and O–H groups in total. The minimum Gasteiger partial charge on any atom is -0.398 e. The molecule has 1 aliphatic rings. The van der Waals surface area contributed by atoms with Gasteiger partial charge in [-0.05, 0) is 31.5 Å². The van der Waals surface area contributed by atoms with E-state index in [-0.39, 0.29) is 9.92 Å². The topological polar surface area (TPSA) is 81.4 Å². The molecule has 1 unspecified atom stereocenters. The van der Waals surface area contributed by atoms with E-state index in [1.807, 2.05) is 6.92 Å². The molecule has 1 aliphatic heterocycles. The summed E-state index contributed by atoms with van der Waals surface area (Å²) in [5.41, 5.74) is 5.34. The third-order valence-electron chi connectivity index (χ3n) is 2.88. The summed E-state index contributed by atoms with van der Waals surface area (Å²) < 4.78 is 32.2. The maximum absolute atomic E-state index is 12.2. The van der Waals surface area contributed by atoms with E-state index >= 15 is 0 Å². The van der Waals surface area contributed by atoms with Crippen LogP contribution in [0.15, 0.2) is 23.1 Å². The first-order valence-electron chi connectivity index (χ1n) is 5.49. The summed E-state index contributed by atoms with van der Waals surface area (Å²) in [5, 5.41) is 0.228. The van der Waals surface area contributed by atoms with Gasteiger partial charge in [-0.1, -0.05) is 11.6 Å². The molecule has 0 aromatic heterocycles. The zero-order valence-electron chi connectivity index (χ0n) is 9.94. The second-order valence-electron chi connectivity index (χ2n) is 4.65. The Morgan fingerprint density at radius 1 is 1.50 bits per heavy atom. The molecule has 18 heavy (non-hydrogen) atoms. The van der Waals surface area contributed by atoms with Gasteiger partial charge in [0.2, 0.25) is 10.0 Å². The Hall–Kier alpha value is -0.820. The van der Waals surface area contributed by atoms with Crippen LogP contribution in [0.5, 0.6) is 0 Å². The van der Waals surface area contributed by atoms with Crippen LogP contribution in [0.4, 0.5) is 5.69 Å². The van der Waals surface area contributed by atoms with Crippen molar-refractivity contribution in [3.8, 4) is 0 Å². The number of rotatable bonds is 3. The van der Waals surface area contributed by atoms with E-state index in [1.165, 1.54) is 18.2 Å². The molecule has 1 saturated heterocycles. The molecule has 0 spiro atoms. The number of nitrogens with one attached hydrogen (secondary N) is 1. The third-order valence-corrected chi connectivity index (χ3v) is 4.85. The lowest BCUT2D eigenvalue weighted by atomic mass is 10.0. The van der Waals surface area contributed by atoms with Crippen LogP contribution in [0.3, 0.4) is 0 Å². The number of sulfonamides is 1. The molecule has 1 aromatic carbocycles. The Morgan fingerprint density at radius 3 is 2.78 bits per heavy atom. The molecule has 1 atom stereocenters. The first-order valence-corrected chi connectivity index (χ1v) is 7.35. The molecule has 0 bridgehead atoms. The SMILES string of the molecule is CC1(NS(=O)(=O)c2ccc(N)c(Cl)c2)CCOC1. The molecule has 1 aromatic rings. The van der Waals surface area contributed by atoms with Crippen molar-refractivity contribution in [3.05, 3.63) is 23.2 Å². The highest BCUT2D eigenvalue weighted by molar-refractivity contribution is 7.89. The van der Waals surface area contributed by atoms with Crippen molar-refractivity contribution in [1.29, 1.82) is 0 Å². The fourth-order valence-electron chi connectivity index (χ4n) is 1.81. The summed E-state index contributed by atoms with van der Waals surface area (Å²) >= 11 is 5.83. The van der Waals surface area contributed by atoms with Gasteiger partial charge >= 0.3 is 0 Å². The van der Waals surface area contributed by atoms with E-state index in [9.17, 15) is 8.42 Å². The molecule has 7 heteroatoms. The Balaban J connectivity index is 2.27. The molecule has 1 fully saturated rings. The molecular formula is C11H15ClN2O3S. The highest BCUT2D eigenvalue weighted by Crippen LogP contribution is 2.25. The second-order valence-corrected chi connectivity index (χ2v) is 6.74. The summed E-state index contributed by atoms with van der Waals surface area (Å²) in [6, 6.07) is 4.26. The fourth-order valence-corrected chi connectivity index (χ4v) is 3.50. The van der Waals surface area contributed by atoms with Gasteiger partial charge in [0.05, 0.1) is 27.8 Å². The lowest BCUT2D eigenvalue weighted by Crippen LogP contribution is -2.46. The Labute approximate surface area is 111 Å². The number of nitrogens with two attached hydrogens (primary N) is 1. The van der Waals surface area contributed by atoms with Gasteiger partial charge in [-0.25, -0.2) is 13.1 Å². The zero-order chi connectivity index (χ0) is 13.4. The van der Waals surface area contributed by atoms with Crippen molar-refractivity contribution < 1.29 is 13.2 Å². The number of halogens is 1. The lowest BCUT2D eigenvalue weighted by Gasteiger charge is -2.23. The quantitative estimate of drug-likeness (QED) is 0.824. The first-order chi connectivity index (χ1) is 8.32. The predicted octanol–water partition coefficient (Wildman–Crippen LogP) is 1.38. The van der Waals surface area contributed by atoms with Crippen LogP contribution in [-0.4, -0.2) is 27.2 Å². The Morgan fingerprint density at radius 2 is 2.22 bits per heavy atom. The van der Waals surface area contributed by atoms with Gasteiger partial charge in [0.25, 0.3) is 0 Å². The van der Waals surface area contributed by atoms with Crippen molar-refractivity contribution in [2.45, 2.75) is 23.8 Å². The predicted molar refractivity (Wildman–Crippen MR) is 70.0 cm³/mol. The van der Waals surface area contributed by atoms with Crippen molar-refractivity contribution in [2.75, 3.05) is 18.9 Å². The van der Waals surface area contributed by atoms with Gasteiger partial charge in [0, 0.05) is 6.61 Å². The van der Waals surface area contributed by atoms with Crippen LogP contribution in [-0.2, 0) is 14.8 Å². The highest BCUT2D eigenvalue weighted by atomic mass is 35.5. The Bertz CT molecular complexity index is 553. The number of nitrogen functional groups attached to an aromatic ring is 1. The number of benzene rings is 1. The monoisotopic (exact) mass is 290 g/mol. The molecule has 0 amide bonds. The third kappa shape index (κ3) is 2.77. The molecule has 1 heterocycles. The minimum atomic E-state index is -3.61. The first kappa shape index (κ1) is 13.6. The van der Waals surface area contributed by atoms with Crippen LogP contribution in [0.2, 0.25) is 5.02 Å². The Kier molecular flexibility index (Phi) is 3.55. The van der Waals surface area contributed by atoms with Crippen LogP contribution < -0.4 is 10.5 Å². The van der Waals surface area contributed by atoms with Crippen molar-refractivity contribution >= 4 is 27.3 Å². The lowest BCUT2D eigenvalue weighted by molar-refractivity contribution is 0.178. The molecule has 0 saturated carbocycles. The normalized spacial score (nSPS) is 24.3. The van der Waals surface area contributed by atoms with Crippen LogP contribution in [0.25, 0.3) is 0 Å². The maximum atomic E-state index is 12.2. The van der Waals surface area contributed by atoms with E-state index in [1.54, 1.807) is 0 Å². The smallest absolute Gasteiger partial charge is 0.241 e. The molecule has 5 nitrogen and oxygen atoms in total. The summed E-state index contributed by atoms with van der Waals surface area (Å²) in [5.74, 6) is 0. The summed E-state index contributed by atoms with van der Waals surface area (Å²) in [6.45, 7) is 2.74. The van der Waals surface area contributed by atoms with Crippen molar-refractivity contribution in [2.24, 2.45) is 0 Å². The average molecular weight is 291 g/mol.